The Morgan fingerprint density at radius 3 is 2.64 bits per heavy atom. The van der Waals surface area contributed by atoms with E-state index in [1.807, 2.05) is 12.1 Å². The second-order valence-corrected chi connectivity index (χ2v) is 7.81. The van der Waals surface area contributed by atoms with Crippen LogP contribution in [-0.2, 0) is 0 Å². The average Bonchev–Trinajstić information content (AvgIpc) is 2.90. The molecule has 0 spiro atoms. The molecule has 2 fully saturated rings. The lowest BCUT2D eigenvalue weighted by molar-refractivity contribution is 0.136. The second kappa shape index (κ2) is 6.67. The minimum Gasteiger partial charge on any atom is -0.324 e. The number of nitrogens with zero attached hydrogens (tertiary/aromatic N) is 4. The molecule has 1 aromatic carbocycles. The van der Waals surface area contributed by atoms with Crippen LogP contribution in [0.4, 0.5) is 16.0 Å². The molecule has 0 aliphatic carbocycles. The summed E-state index contributed by atoms with van der Waals surface area (Å²) in [7, 11) is 2.17. The second-order valence-electron chi connectivity index (χ2n) is 7.81. The maximum atomic E-state index is 13.8. The zero-order valence-electron chi connectivity index (χ0n) is 15.7. The van der Waals surface area contributed by atoms with Gasteiger partial charge in [0.1, 0.15) is 5.82 Å². The third kappa shape index (κ3) is 2.86. The highest BCUT2D eigenvalue weighted by molar-refractivity contribution is 5.79. The number of anilines is 2. The van der Waals surface area contributed by atoms with Crippen LogP contribution in [0, 0.1) is 5.82 Å². The number of piperidine rings is 1. The predicted octanol–water partition coefficient (Wildman–Crippen LogP) is 3.47. The van der Waals surface area contributed by atoms with Gasteiger partial charge in [0.05, 0.1) is 22.8 Å². The highest BCUT2D eigenvalue weighted by Gasteiger charge is 2.40. The molecule has 0 radical (unpaired) electrons. The Labute approximate surface area is 162 Å². The molecular formula is C21H22FN5O. The fourth-order valence-corrected chi connectivity index (χ4v) is 4.76. The maximum absolute atomic E-state index is 13.8. The van der Waals surface area contributed by atoms with Crippen LogP contribution in [0.2, 0.25) is 0 Å². The van der Waals surface area contributed by atoms with Gasteiger partial charge >= 0.3 is 0 Å². The Morgan fingerprint density at radius 1 is 1.14 bits per heavy atom. The van der Waals surface area contributed by atoms with Gasteiger partial charge in [0.25, 0.3) is 5.56 Å². The van der Waals surface area contributed by atoms with Crippen LogP contribution in [0.3, 0.4) is 0 Å². The summed E-state index contributed by atoms with van der Waals surface area (Å²) in [4.78, 5) is 24.6. The van der Waals surface area contributed by atoms with Crippen molar-refractivity contribution in [1.82, 2.24) is 19.4 Å². The van der Waals surface area contributed by atoms with E-state index in [-0.39, 0.29) is 11.6 Å². The highest BCUT2D eigenvalue weighted by atomic mass is 19.1. The Morgan fingerprint density at radius 2 is 1.93 bits per heavy atom. The molecule has 3 atom stereocenters. The first-order chi connectivity index (χ1) is 13.6. The molecule has 4 heterocycles. The number of nitrogens with one attached hydrogen (secondary N) is 1. The van der Waals surface area contributed by atoms with Gasteiger partial charge in [-0.15, -0.1) is 0 Å². The van der Waals surface area contributed by atoms with Gasteiger partial charge in [0.2, 0.25) is 5.95 Å². The van der Waals surface area contributed by atoms with Crippen LogP contribution >= 0.6 is 0 Å². The molecule has 2 aliphatic rings. The smallest absolute Gasteiger partial charge is 0.263 e. The Bertz CT molecular complexity index is 1070. The monoisotopic (exact) mass is 379 g/mol. The summed E-state index contributed by atoms with van der Waals surface area (Å²) in [6.07, 6.45) is 7.52. The van der Waals surface area contributed by atoms with Crippen molar-refractivity contribution >= 4 is 22.5 Å². The predicted molar refractivity (Wildman–Crippen MR) is 106 cm³/mol. The van der Waals surface area contributed by atoms with Crippen molar-refractivity contribution in [2.24, 2.45) is 0 Å². The molecule has 0 saturated carbocycles. The molecule has 1 unspecified atom stereocenters. The van der Waals surface area contributed by atoms with E-state index in [2.05, 4.69) is 27.2 Å². The van der Waals surface area contributed by atoms with E-state index >= 15 is 0 Å². The summed E-state index contributed by atoms with van der Waals surface area (Å²) in [5, 5.41) is 3.58. The number of hydrogen-bond donors (Lipinski definition) is 1. The van der Waals surface area contributed by atoms with Gasteiger partial charge in [-0.3, -0.25) is 14.3 Å². The Hall–Kier alpha value is -2.80. The molecule has 1 N–H and O–H groups in total. The van der Waals surface area contributed by atoms with Gasteiger partial charge in [0, 0.05) is 24.3 Å². The van der Waals surface area contributed by atoms with Crippen molar-refractivity contribution in [2.45, 2.75) is 43.8 Å². The molecule has 28 heavy (non-hydrogen) atoms. The normalized spacial score (nSPS) is 24.6. The number of aromatic nitrogens is 3. The molecule has 0 amide bonds. The molecule has 2 aromatic heterocycles. The summed E-state index contributed by atoms with van der Waals surface area (Å²) in [5.74, 6) is 0.0698. The standard InChI is InChI=1S/C21H22FN5O/c1-26-15-5-6-16(26)11-17(10-15)27-20(28)18-9-13(22)4-7-19(18)25-21(27)24-14-3-2-8-23-12-14/h2-4,7-9,12,15-17H,5-6,10-11H2,1H3,(H,24,25)/t15-,16+,17?. The van der Waals surface area contributed by atoms with Crippen LogP contribution in [-0.4, -0.2) is 38.6 Å². The number of benzene rings is 1. The van der Waals surface area contributed by atoms with E-state index in [0.717, 1.165) is 31.4 Å². The number of rotatable bonds is 3. The van der Waals surface area contributed by atoms with E-state index in [4.69, 9.17) is 0 Å². The van der Waals surface area contributed by atoms with Gasteiger partial charge in [0.15, 0.2) is 0 Å². The fraction of sp³-hybridized carbons (Fsp3) is 0.381. The number of pyridine rings is 1. The summed E-state index contributed by atoms with van der Waals surface area (Å²) < 4.78 is 15.6. The number of halogens is 1. The molecule has 2 aliphatic heterocycles. The van der Waals surface area contributed by atoms with Crippen molar-refractivity contribution < 1.29 is 4.39 Å². The summed E-state index contributed by atoms with van der Waals surface area (Å²) in [6.45, 7) is 0. The van der Waals surface area contributed by atoms with Crippen molar-refractivity contribution in [3.63, 3.8) is 0 Å². The van der Waals surface area contributed by atoms with Crippen molar-refractivity contribution in [3.8, 4) is 0 Å². The van der Waals surface area contributed by atoms with Crippen LogP contribution in [0.5, 0.6) is 0 Å². The van der Waals surface area contributed by atoms with E-state index in [0.29, 0.717) is 28.9 Å². The molecule has 3 aromatic rings. The quantitative estimate of drug-likeness (QED) is 0.755. The summed E-state index contributed by atoms with van der Waals surface area (Å²) >= 11 is 0. The van der Waals surface area contributed by atoms with Gasteiger partial charge in [-0.2, -0.15) is 0 Å². The minimum absolute atomic E-state index is 0.0422. The number of fused-ring (bicyclic) bond motifs is 3. The largest absolute Gasteiger partial charge is 0.324 e. The van der Waals surface area contributed by atoms with Crippen LogP contribution in [0.15, 0.2) is 47.5 Å². The lowest BCUT2D eigenvalue weighted by Crippen LogP contribution is -2.43. The molecule has 5 rings (SSSR count). The van der Waals surface area contributed by atoms with Gasteiger partial charge in [-0.05, 0) is 63.1 Å². The van der Waals surface area contributed by atoms with Gasteiger partial charge in [-0.1, -0.05) is 0 Å². The fourth-order valence-electron chi connectivity index (χ4n) is 4.76. The van der Waals surface area contributed by atoms with Crippen molar-refractivity contribution in [1.29, 1.82) is 0 Å². The Kier molecular flexibility index (Phi) is 4.12. The molecule has 144 valence electrons. The summed E-state index contributed by atoms with van der Waals surface area (Å²) in [6, 6.07) is 8.90. The van der Waals surface area contributed by atoms with E-state index in [9.17, 15) is 9.18 Å². The molecule has 2 bridgehead atoms. The molecular weight excluding hydrogens is 357 g/mol. The first-order valence-electron chi connectivity index (χ1n) is 9.71. The van der Waals surface area contributed by atoms with Crippen molar-refractivity contribution in [3.05, 3.63) is 58.9 Å². The molecule has 2 saturated heterocycles. The highest BCUT2D eigenvalue weighted by Crippen LogP contribution is 2.40. The maximum Gasteiger partial charge on any atom is 0.263 e. The number of hydrogen-bond acceptors (Lipinski definition) is 5. The first kappa shape index (κ1) is 17.3. The van der Waals surface area contributed by atoms with Gasteiger partial charge in [-0.25, -0.2) is 9.37 Å². The SMILES string of the molecule is CN1[C@@H]2CC[C@H]1CC(n1c(Nc3cccnc3)nc3ccc(F)cc3c1=O)C2. The van der Waals surface area contributed by atoms with Crippen LogP contribution in [0.25, 0.3) is 10.9 Å². The Balaban J connectivity index is 1.65. The lowest BCUT2D eigenvalue weighted by atomic mass is 9.97. The average molecular weight is 379 g/mol. The molecule has 7 heteroatoms. The minimum atomic E-state index is -0.422. The lowest BCUT2D eigenvalue weighted by Gasteiger charge is -2.37. The van der Waals surface area contributed by atoms with E-state index in [1.54, 1.807) is 23.0 Å². The van der Waals surface area contributed by atoms with Crippen molar-refractivity contribution in [2.75, 3.05) is 12.4 Å². The third-order valence-electron chi connectivity index (χ3n) is 6.22. The van der Waals surface area contributed by atoms with Gasteiger partial charge < -0.3 is 10.2 Å². The third-order valence-corrected chi connectivity index (χ3v) is 6.22. The van der Waals surface area contributed by atoms with Crippen LogP contribution in [0.1, 0.15) is 31.7 Å². The first-order valence-corrected chi connectivity index (χ1v) is 9.71. The summed E-state index contributed by atoms with van der Waals surface area (Å²) in [5.41, 5.74) is 1.07. The zero-order chi connectivity index (χ0) is 19.3. The van der Waals surface area contributed by atoms with E-state index in [1.165, 1.54) is 12.1 Å². The molecule has 6 nitrogen and oxygen atoms in total. The van der Waals surface area contributed by atoms with Crippen LogP contribution < -0.4 is 10.9 Å². The van der Waals surface area contributed by atoms with E-state index < -0.39 is 5.82 Å². The zero-order valence-corrected chi connectivity index (χ0v) is 15.7. The topological polar surface area (TPSA) is 63.1 Å².